The van der Waals surface area contributed by atoms with Crippen molar-refractivity contribution in [3.05, 3.63) is 65.2 Å². The molecule has 0 saturated carbocycles. The van der Waals surface area contributed by atoms with E-state index in [0.29, 0.717) is 0 Å². The van der Waals surface area contributed by atoms with Crippen molar-refractivity contribution in [2.75, 3.05) is 0 Å². The third kappa shape index (κ3) is 2.61. The number of fused-ring (bicyclic) bond motifs is 5. The summed E-state index contributed by atoms with van der Waals surface area (Å²) >= 11 is 0. The minimum atomic E-state index is -0.329. The second-order valence-electron chi connectivity index (χ2n) is 8.97. The highest BCUT2D eigenvalue weighted by atomic mass is 16.5. The minimum Gasteiger partial charge on any atom is -0.482 e. The van der Waals surface area contributed by atoms with Crippen LogP contribution in [0.3, 0.4) is 0 Å². The molecule has 0 aliphatic carbocycles. The molecule has 3 aromatic rings. The van der Waals surface area contributed by atoms with Gasteiger partial charge in [-0.05, 0) is 53.8 Å². The first kappa shape index (κ1) is 17.1. The highest BCUT2D eigenvalue weighted by Gasteiger charge is 2.33. The third-order valence-corrected chi connectivity index (χ3v) is 5.62. The number of hydrogen-bond acceptors (Lipinski definition) is 1. The zero-order valence-electron chi connectivity index (χ0n) is 16.7. The van der Waals surface area contributed by atoms with E-state index in [0.717, 1.165) is 12.2 Å². The van der Waals surface area contributed by atoms with Gasteiger partial charge in [-0.15, -0.1) is 0 Å². The molecule has 1 heteroatoms. The highest BCUT2D eigenvalue weighted by molar-refractivity contribution is 5.97. The molecule has 134 valence electrons. The number of benzene rings is 3. The lowest BCUT2D eigenvalue weighted by Gasteiger charge is -2.36. The van der Waals surface area contributed by atoms with Gasteiger partial charge in [-0.2, -0.15) is 0 Å². The summed E-state index contributed by atoms with van der Waals surface area (Å²) in [4.78, 5) is 0. The van der Waals surface area contributed by atoms with E-state index in [4.69, 9.17) is 4.74 Å². The standard InChI is InChI=1S/C25H28O/c1-7-16-8-11-20-21-12-9-17-15-18(24(2,3)4)10-13-19(17)23(21)26-25(5,6)22(20)14-16/h8-15H,7H2,1-6H3. The molecule has 0 amide bonds. The Bertz CT molecular complexity index is 1000. The van der Waals surface area contributed by atoms with Crippen LogP contribution >= 0.6 is 0 Å². The SMILES string of the molecule is CCc1ccc2c(c1)C(C)(C)Oc1c-2ccc2cc(C(C)(C)C)ccc12. The van der Waals surface area contributed by atoms with Crippen LogP contribution in [0.4, 0.5) is 0 Å². The van der Waals surface area contributed by atoms with Crippen LogP contribution in [0.5, 0.6) is 5.75 Å². The van der Waals surface area contributed by atoms with E-state index in [-0.39, 0.29) is 11.0 Å². The van der Waals surface area contributed by atoms with Gasteiger partial charge in [0.1, 0.15) is 11.4 Å². The molecule has 0 atom stereocenters. The van der Waals surface area contributed by atoms with Crippen LogP contribution < -0.4 is 4.74 Å². The molecule has 0 saturated heterocycles. The average molecular weight is 344 g/mol. The summed E-state index contributed by atoms with van der Waals surface area (Å²) in [5.74, 6) is 1.02. The van der Waals surface area contributed by atoms with Gasteiger partial charge in [-0.3, -0.25) is 0 Å². The molecule has 0 aromatic heterocycles. The normalized spacial score (nSPS) is 15.3. The largest absolute Gasteiger partial charge is 0.482 e. The van der Waals surface area contributed by atoms with E-state index >= 15 is 0 Å². The second kappa shape index (κ2) is 5.61. The maximum absolute atomic E-state index is 6.58. The molecule has 0 N–H and O–H groups in total. The first-order valence-electron chi connectivity index (χ1n) is 9.61. The summed E-state index contributed by atoms with van der Waals surface area (Å²) in [5.41, 5.74) is 6.33. The van der Waals surface area contributed by atoms with E-state index in [1.807, 2.05) is 0 Å². The van der Waals surface area contributed by atoms with E-state index in [1.165, 1.54) is 38.6 Å². The zero-order valence-corrected chi connectivity index (χ0v) is 16.7. The molecule has 26 heavy (non-hydrogen) atoms. The fourth-order valence-corrected chi connectivity index (χ4v) is 3.94. The van der Waals surface area contributed by atoms with E-state index in [2.05, 4.69) is 90.1 Å². The van der Waals surface area contributed by atoms with Gasteiger partial charge in [0.15, 0.2) is 0 Å². The van der Waals surface area contributed by atoms with Crippen molar-refractivity contribution >= 4 is 10.8 Å². The lowest BCUT2D eigenvalue weighted by atomic mass is 9.82. The molecule has 1 nitrogen and oxygen atoms in total. The molecule has 0 radical (unpaired) electrons. The van der Waals surface area contributed by atoms with Gasteiger partial charge in [0, 0.05) is 16.5 Å². The van der Waals surface area contributed by atoms with E-state index in [9.17, 15) is 0 Å². The maximum atomic E-state index is 6.58. The molecule has 3 aromatic carbocycles. The zero-order chi connectivity index (χ0) is 18.7. The lowest BCUT2D eigenvalue weighted by Crippen LogP contribution is -2.29. The Labute approximate surface area is 157 Å². The third-order valence-electron chi connectivity index (χ3n) is 5.62. The second-order valence-corrected chi connectivity index (χ2v) is 8.97. The molecule has 0 spiro atoms. The van der Waals surface area contributed by atoms with Crippen molar-refractivity contribution in [1.82, 2.24) is 0 Å². The van der Waals surface area contributed by atoms with Crippen molar-refractivity contribution < 1.29 is 4.74 Å². The van der Waals surface area contributed by atoms with Crippen molar-refractivity contribution in [2.45, 2.75) is 59.0 Å². The lowest BCUT2D eigenvalue weighted by molar-refractivity contribution is 0.108. The Morgan fingerprint density at radius 1 is 0.885 bits per heavy atom. The Morgan fingerprint density at radius 3 is 2.31 bits per heavy atom. The molecule has 1 aliphatic rings. The summed E-state index contributed by atoms with van der Waals surface area (Å²) in [6.07, 6.45) is 1.05. The van der Waals surface area contributed by atoms with Crippen LogP contribution in [-0.4, -0.2) is 0 Å². The molecular formula is C25H28O. The van der Waals surface area contributed by atoms with Crippen molar-refractivity contribution in [3.8, 4) is 16.9 Å². The summed E-state index contributed by atoms with van der Waals surface area (Å²) in [5, 5.41) is 2.45. The summed E-state index contributed by atoms with van der Waals surface area (Å²) < 4.78 is 6.58. The summed E-state index contributed by atoms with van der Waals surface area (Å²) in [6.45, 7) is 13.3. The van der Waals surface area contributed by atoms with Gasteiger partial charge in [-0.25, -0.2) is 0 Å². The van der Waals surface area contributed by atoms with Crippen LogP contribution in [0.2, 0.25) is 0 Å². The number of rotatable bonds is 1. The van der Waals surface area contributed by atoms with Gasteiger partial charge in [-0.1, -0.05) is 70.2 Å². The van der Waals surface area contributed by atoms with E-state index in [1.54, 1.807) is 0 Å². The van der Waals surface area contributed by atoms with Gasteiger partial charge in [0.25, 0.3) is 0 Å². The monoisotopic (exact) mass is 344 g/mol. The van der Waals surface area contributed by atoms with Crippen LogP contribution in [0.15, 0.2) is 48.5 Å². The molecule has 1 aliphatic heterocycles. The van der Waals surface area contributed by atoms with Crippen molar-refractivity contribution in [2.24, 2.45) is 0 Å². The van der Waals surface area contributed by atoms with Crippen LogP contribution in [0, 0.1) is 0 Å². The van der Waals surface area contributed by atoms with Gasteiger partial charge in [0.05, 0.1) is 0 Å². The Morgan fingerprint density at radius 2 is 1.62 bits per heavy atom. The van der Waals surface area contributed by atoms with Gasteiger partial charge < -0.3 is 4.74 Å². The first-order chi connectivity index (χ1) is 12.2. The molecule has 0 unspecified atom stereocenters. The Balaban J connectivity index is 1.97. The summed E-state index contributed by atoms with van der Waals surface area (Å²) in [7, 11) is 0. The molecule has 0 bridgehead atoms. The van der Waals surface area contributed by atoms with Gasteiger partial charge in [0.2, 0.25) is 0 Å². The van der Waals surface area contributed by atoms with E-state index < -0.39 is 0 Å². The molecule has 1 heterocycles. The topological polar surface area (TPSA) is 9.23 Å². The predicted molar refractivity (Wildman–Crippen MR) is 111 cm³/mol. The number of ether oxygens (including phenoxy) is 1. The highest BCUT2D eigenvalue weighted by Crippen LogP contribution is 2.48. The Kier molecular flexibility index (Phi) is 3.70. The van der Waals surface area contributed by atoms with Crippen LogP contribution in [0.25, 0.3) is 21.9 Å². The number of aryl methyl sites for hydroxylation is 1. The smallest absolute Gasteiger partial charge is 0.136 e. The maximum Gasteiger partial charge on any atom is 0.136 e. The first-order valence-corrected chi connectivity index (χ1v) is 9.61. The van der Waals surface area contributed by atoms with Gasteiger partial charge >= 0.3 is 0 Å². The molecular weight excluding hydrogens is 316 g/mol. The quantitative estimate of drug-likeness (QED) is 0.462. The fourth-order valence-electron chi connectivity index (χ4n) is 3.94. The van der Waals surface area contributed by atoms with Crippen LogP contribution in [-0.2, 0) is 17.4 Å². The Hall–Kier alpha value is -2.28. The van der Waals surface area contributed by atoms with Crippen molar-refractivity contribution in [3.63, 3.8) is 0 Å². The summed E-state index contributed by atoms with van der Waals surface area (Å²) in [6, 6.07) is 18.1. The number of hydrogen-bond donors (Lipinski definition) is 0. The predicted octanol–water partition coefficient (Wildman–Crippen LogP) is 6.99. The minimum absolute atomic E-state index is 0.146. The van der Waals surface area contributed by atoms with Crippen LogP contribution in [0.1, 0.15) is 58.2 Å². The fraction of sp³-hybridized carbons (Fsp3) is 0.360. The van der Waals surface area contributed by atoms with Crippen molar-refractivity contribution in [1.29, 1.82) is 0 Å². The average Bonchev–Trinajstić information content (AvgIpc) is 2.59. The molecule has 4 rings (SSSR count). The molecule has 0 fully saturated rings.